The molecule has 0 saturated carbocycles. The van der Waals surface area contributed by atoms with Gasteiger partial charge >= 0.3 is 5.97 Å². The van der Waals surface area contributed by atoms with Gasteiger partial charge in [0.2, 0.25) is 23.4 Å². The highest BCUT2D eigenvalue weighted by atomic mass is 32.2. The molecule has 0 bridgehead atoms. The molecule has 480 valence electrons. The molecule has 2 aliphatic heterocycles. The molecule has 4 aromatic rings. The topological polar surface area (TPSA) is 375 Å². The molecule has 4 aromatic carbocycles. The summed E-state index contributed by atoms with van der Waals surface area (Å²) < 4.78 is 23.3. The zero-order valence-corrected chi connectivity index (χ0v) is 50.8. The van der Waals surface area contributed by atoms with E-state index < -0.39 is 140 Å². The van der Waals surface area contributed by atoms with Gasteiger partial charge in [-0.05, 0) is 89.0 Å². The molecule has 0 spiro atoms. The fourth-order valence-electron chi connectivity index (χ4n) is 9.82. The maximum absolute atomic E-state index is 13.0. The number of benzene rings is 4. The van der Waals surface area contributed by atoms with Gasteiger partial charge in [-0.3, -0.25) is 33.6 Å². The quantitative estimate of drug-likeness (QED) is 0.0139. The second-order valence-corrected chi connectivity index (χ2v) is 23.7. The van der Waals surface area contributed by atoms with Gasteiger partial charge in [-0.15, -0.1) is 0 Å². The molecular formula is C63H77N5O19S2. The molecule has 5 amide bonds. The highest BCUT2D eigenvalue weighted by Gasteiger charge is 2.56. The molecule has 12 N–H and O–H groups in total. The summed E-state index contributed by atoms with van der Waals surface area (Å²) >= 11 is 2.87. The van der Waals surface area contributed by atoms with Gasteiger partial charge in [-0.25, -0.2) is 4.79 Å². The van der Waals surface area contributed by atoms with E-state index in [0.717, 1.165) is 29.2 Å². The molecule has 0 aromatic heterocycles. The van der Waals surface area contributed by atoms with Gasteiger partial charge in [-0.2, -0.15) is 23.5 Å². The Morgan fingerprint density at radius 3 is 1.53 bits per heavy atom. The van der Waals surface area contributed by atoms with Crippen LogP contribution in [0.2, 0.25) is 0 Å². The zero-order valence-electron chi connectivity index (χ0n) is 49.2. The molecule has 12 atom stereocenters. The molecule has 24 nitrogen and oxygen atoms in total. The van der Waals surface area contributed by atoms with E-state index >= 15 is 0 Å². The number of aliphatic hydroxyl groups excluding tert-OH is 6. The lowest BCUT2D eigenvalue weighted by atomic mass is 9.88. The van der Waals surface area contributed by atoms with Gasteiger partial charge in [-0.1, -0.05) is 84.9 Å². The number of rotatable bonds is 33. The van der Waals surface area contributed by atoms with E-state index in [9.17, 15) is 74.1 Å². The number of aliphatic carboxylic acids is 1. The van der Waals surface area contributed by atoms with Crippen LogP contribution in [0, 0.1) is 11.8 Å². The number of nitrogens with one attached hydrogen (secondary N) is 5. The number of carboxylic acids is 1. The lowest BCUT2D eigenvalue weighted by molar-refractivity contribution is -0.310. The molecule has 89 heavy (non-hydrogen) atoms. The van der Waals surface area contributed by atoms with Gasteiger partial charge in [0.05, 0.1) is 49.7 Å². The first kappa shape index (κ1) is 71.0. The van der Waals surface area contributed by atoms with Crippen LogP contribution in [0.25, 0.3) is 22.3 Å². The summed E-state index contributed by atoms with van der Waals surface area (Å²) in [5.41, 5.74) is 4.23. The van der Waals surface area contributed by atoms with Crippen LogP contribution in [-0.2, 0) is 47.7 Å². The number of hydrogen-bond donors (Lipinski definition) is 12. The Hall–Kier alpha value is -7.10. The van der Waals surface area contributed by atoms with E-state index in [1.807, 2.05) is 60.7 Å². The van der Waals surface area contributed by atoms with Crippen molar-refractivity contribution in [3.63, 3.8) is 0 Å². The predicted octanol–water partition coefficient (Wildman–Crippen LogP) is 1.36. The standard InChI is InChI=1S/C63H77N5O19S2/c1-39(70)67-53-48(73)34-62(38-69,86-57(53)55(78)50(75)36-65-59(80)45-21-17-43(18-22-45)41-12-5-3-6-13-41)84-28-10-32-89-33-27-64-52(77)26-25-47(72)16-9-30-88-31-11-29-85-63(61(82)83)35-49(74)54(68-40(2)71)58(87-63)56(79)51(76)37-66-60(81)46-23-19-44(20-24-46)42-14-7-4-8-15-42/h3-8,12-15,17-24,38,48-51,53-58,73-76,78-79H,9-11,16,27-37H2,1-2H3,(H,64,77)(H,65,80)(H,66,81)(H,67,70)(H,68,71)(H,82,83)/t48-,49-,50+,51+,53+,54+,55+,56+,57+,58+,62+,63+/m0/s1. The summed E-state index contributed by atoms with van der Waals surface area (Å²) in [5, 5.41) is 89.6. The summed E-state index contributed by atoms with van der Waals surface area (Å²) in [6, 6.07) is 29.9. The van der Waals surface area contributed by atoms with Gasteiger partial charge in [0, 0.05) is 75.5 Å². The number of carboxylic acid groups (broad SMARTS) is 1. The number of hydrogen-bond acceptors (Lipinski definition) is 20. The Morgan fingerprint density at radius 2 is 1.04 bits per heavy atom. The second kappa shape index (κ2) is 35.3. The molecular weight excluding hydrogens is 1190 g/mol. The van der Waals surface area contributed by atoms with Crippen LogP contribution in [-0.4, -0.2) is 212 Å². The highest BCUT2D eigenvalue weighted by Crippen LogP contribution is 2.35. The summed E-state index contributed by atoms with van der Waals surface area (Å²) in [6.45, 7) is 1.37. The third-order valence-electron chi connectivity index (χ3n) is 14.4. The van der Waals surface area contributed by atoms with Crippen molar-refractivity contribution >= 4 is 71.1 Å². The molecule has 2 saturated heterocycles. The van der Waals surface area contributed by atoms with Crippen molar-refractivity contribution in [3.8, 4) is 34.1 Å². The van der Waals surface area contributed by atoms with Crippen molar-refractivity contribution in [2.45, 2.75) is 125 Å². The van der Waals surface area contributed by atoms with Gasteiger partial charge in [0.1, 0.15) is 24.4 Å². The van der Waals surface area contributed by atoms with Crippen LogP contribution in [0.3, 0.4) is 0 Å². The molecule has 0 radical (unpaired) electrons. The van der Waals surface area contributed by atoms with Crippen molar-refractivity contribution in [2.75, 3.05) is 55.9 Å². The zero-order chi connectivity index (χ0) is 64.5. The number of thioether (sulfide) groups is 2. The van der Waals surface area contributed by atoms with Crippen molar-refractivity contribution in [1.82, 2.24) is 26.6 Å². The van der Waals surface area contributed by atoms with Crippen LogP contribution in [0.15, 0.2) is 109 Å². The highest BCUT2D eigenvalue weighted by molar-refractivity contribution is 7.99. The van der Waals surface area contributed by atoms with Crippen molar-refractivity contribution in [3.05, 3.63) is 120 Å². The molecule has 26 heteroatoms. The fourth-order valence-corrected chi connectivity index (χ4v) is 11.5. The summed E-state index contributed by atoms with van der Waals surface area (Å²) in [7, 11) is 0. The second-order valence-electron chi connectivity index (χ2n) is 21.2. The summed E-state index contributed by atoms with van der Waals surface area (Å²) in [4.78, 5) is 100. The van der Waals surface area contributed by atoms with Crippen molar-refractivity contribution in [1.29, 1.82) is 0 Å². The lowest BCUT2D eigenvalue weighted by Gasteiger charge is -2.46. The van der Waals surface area contributed by atoms with E-state index in [1.54, 1.807) is 48.5 Å². The Bertz CT molecular complexity index is 3050. The number of ketones is 1. The third kappa shape index (κ3) is 21.5. The first-order chi connectivity index (χ1) is 42.6. The largest absolute Gasteiger partial charge is 0.477 e. The average molecular weight is 1270 g/mol. The van der Waals surface area contributed by atoms with Gasteiger partial charge in [0.15, 0.2) is 6.29 Å². The number of aliphatic hydroxyl groups is 6. The van der Waals surface area contributed by atoms with Crippen molar-refractivity contribution in [2.24, 2.45) is 0 Å². The molecule has 6 rings (SSSR count). The van der Waals surface area contributed by atoms with E-state index in [4.69, 9.17) is 18.9 Å². The van der Waals surface area contributed by atoms with Crippen molar-refractivity contribution < 1.29 is 93.0 Å². The maximum atomic E-state index is 13.0. The predicted molar refractivity (Wildman–Crippen MR) is 329 cm³/mol. The minimum atomic E-state index is -2.49. The first-order valence-corrected chi connectivity index (χ1v) is 31.3. The maximum Gasteiger partial charge on any atom is 0.364 e. The fraction of sp³-hybridized carbons (Fsp3) is 0.460. The third-order valence-corrected chi connectivity index (χ3v) is 16.6. The number of carbonyl (C=O) groups excluding carboxylic acids is 7. The van der Waals surface area contributed by atoms with E-state index in [-0.39, 0.29) is 31.7 Å². The SMILES string of the molecule is CC(=O)N[C@H]1[C@H]([C@H](O)[C@H](O)CNC(=O)c2ccc(-c3ccccc3)cc2)O[C@](C=O)(OCCCSCCNC(=O)C#CC(=O)CCCSCCCO[C@]2(C(=O)O)C[C@H](O)[C@@H](NC(C)=O)[C@H]([C@H](O)[C@H](O)CNC(=O)c3ccc(-c4ccccc4)cc3)O2)C[C@@H]1O. The number of Topliss-reactive ketones (excluding diaryl/α,β-unsaturated/α-hetero) is 1. The van der Waals surface area contributed by atoms with E-state index in [2.05, 4.69) is 38.4 Å². The minimum absolute atomic E-state index is 0.0431. The summed E-state index contributed by atoms with van der Waals surface area (Å²) in [6.07, 6.45) is -13.0. The van der Waals surface area contributed by atoms with Gasteiger partial charge in [0.25, 0.3) is 23.5 Å². The Labute approximate surface area is 523 Å². The number of ether oxygens (including phenoxy) is 4. The number of aldehydes is 1. The molecule has 2 fully saturated rings. The number of carbonyl (C=O) groups is 8. The van der Waals surface area contributed by atoms with E-state index in [1.165, 1.54) is 30.4 Å². The van der Waals surface area contributed by atoms with Crippen LogP contribution in [0.5, 0.6) is 0 Å². The smallest absolute Gasteiger partial charge is 0.364 e. The molecule has 0 unspecified atom stereocenters. The van der Waals surface area contributed by atoms with Crippen LogP contribution in [0.1, 0.15) is 73.1 Å². The Morgan fingerprint density at radius 1 is 0.596 bits per heavy atom. The normalized spacial score (nSPS) is 22.7. The Balaban J connectivity index is 0.843. The monoisotopic (exact) mass is 1270 g/mol. The summed E-state index contributed by atoms with van der Waals surface area (Å²) in [5.74, 6) is -3.09. The molecule has 2 aliphatic rings. The van der Waals surface area contributed by atoms with Crippen LogP contribution >= 0.6 is 23.5 Å². The molecule has 2 heterocycles. The van der Waals surface area contributed by atoms with Crippen LogP contribution < -0.4 is 26.6 Å². The number of amides is 5. The molecule has 0 aliphatic carbocycles. The van der Waals surface area contributed by atoms with Gasteiger partial charge < -0.3 is 81.3 Å². The Kier molecular flexibility index (Phi) is 28.2. The van der Waals surface area contributed by atoms with Crippen LogP contribution in [0.4, 0.5) is 0 Å². The minimum Gasteiger partial charge on any atom is -0.477 e. The first-order valence-electron chi connectivity index (χ1n) is 29.0. The van der Waals surface area contributed by atoms with E-state index in [0.29, 0.717) is 54.1 Å². The average Bonchev–Trinajstić information content (AvgIpc) is 0.854. The lowest BCUT2D eigenvalue weighted by Crippen LogP contribution is -2.68.